The molecule has 2 aliphatic rings. The lowest BCUT2D eigenvalue weighted by Crippen LogP contribution is -2.52. The van der Waals surface area contributed by atoms with Crippen LogP contribution in [0, 0.1) is 0 Å². The van der Waals surface area contributed by atoms with Gasteiger partial charge in [0.05, 0.1) is 6.04 Å². The van der Waals surface area contributed by atoms with Crippen molar-refractivity contribution < 1.29 is 28.7 Å². The number of carbonyl (C=O) groups is 4. The third-order valence-electron chi connectivity index (χ3n) is 7.25. The SMILES string of the molecule is CCCCC(=O)N[C@H]1C[C@H]2COc3cccc(c3)C(=O)N(C)CC[C@H](NC(=O)OCc3ccccc3)C(=O)N2C1. The zero-order valence-corrected chi connectivity index (χ0v) is 23.1. The number of nitrogens with one attached hydrogen (secondary N) is 2. The Morgan fingerprint density at radius 1 is 1.07 bits per heavy atom. The van der Waals surface area contributed by atoms with E-state index in [4.69, 9.17) is 9.47 Å². The molecule has 0 saturated carbocycles. The first-order valence-corrected chi connectivity index (χ1v) is 13.9. The van der Waals surface area contributed by atoms with Crippen LogP contribution in [0.3, 0.4) is 0 Å². The summed E-state index contributed by atoms with van der Waals surface area (Å²) in [5, 5.41) is 5.78. The molecule has 1 fully saturated rings. The summed E-state index contributed by atoms with van der Waals surface area (Å²) in [6.45, 7) is 2.81. The predicted octanol–water partition coefficient (Wildman–Crippen LogP) is 3.11. The quantitative estimate of drug-likeness (QED) is 0.547. The molecule has 0 unspecified atom stereocenters. The van der Waals surface area contributed by atoms with Crippen LogP contribution in [0.5, 0.6) is 5.75 Å². The molecule has 4 rings (SSSR count). The summed E-state index contributed by atoms with van der Waals surface area (Å²) in [6.07, 6.45) is 2.15. The van der Waals surface area contributed by atoms with Gasteiger partial charge in [0.25, 0.3) is 5.91 Å². The van der Waals surface area contributed by atoms with Crippen molar-refractivity contribution in [1.29, 1.82) is 0 Å². The summed E-state index contributed by atoms with van der Waals surface area (Å²) >= 11 is 0. The van der Waals surface area contributed by atoms with Gasteiger partial charge in [-0.25, -0.2) is 4.79 Å². The molecule has 10 heteroatoms. The second-order valence-corrected chi connectivity index (χ2v) is 10.4. The highest BCUT2D eigenvalue weighted by Crippen LogP contribution is 2.23. The molecule has 4 amide bonds. The molecule has 214 valence electrons. The van der Waals surface area contributed by atoms with E-state index in [1.54, 1.807) is 36.2 Å². The molecule has 1 saturated heterocycles. The van der Waals surface area contributed by atoms with Gasteiger partial charge < -0.3 is 29.9 Å². The van der Waals surface area contributed by atoms with Crippen LogP contribution in [-0.2, 0) is 20.9 Å². The number of rotatable bonds is 7. The molecule has 10 nitrogen and oxygen atoms in total. The third kappa shape index (κ3) is 7.74. The number of carbonyl (C=O) groups excluding carboxylic acids is 4. The lowest BCUT2D eigenvalue weighted by molar-refractivity contribution is -0.135. The molecule has 0 aromatic heterocycles. The first kappa shape index (κ1) is 28.9. The van der Waals surface area contributed by atoms with Crippen LogP contribution in [0.15, 0.2) is 54.6 Å². The second-order valence-electron chi connectivity index (χ2n) is 10.4. The first-order valence-electron chi connectivity index (χ1n) is 13.9. The van der Waals surface area contributed by atoms with Crippen molar-refractivity contribution in [2.45, 2.75) is 63.8 Å². The summed E-state index contributed by atoms with van der Waals surface area (Å²) in [7, 11) is 1.66. The largest absolute Gasteiger partial charge is 0.491 e. The zero-order chi connectivity index (χ0) is 28.5. The van der Waals surface area contributed by atoms with E-state index in [9.17, 15) is 19.2 Å². The number of ether oxygens (including phenoxy) is 2. The van der Waals surface area contributed by atoms with E-state index < -0.39 is 12.1 Å². The van der Waals surface area contributed by atoms with Crippen molar-refractivity contribution in [3.8, 4) is 5.75 Å². The number of unbranched alkanes of at least 4 members (excludes halogenated alkanes) is 1. The van der Waals surface area contributed by atoms with Crippen molar-refractivity contribution in [2.24, 2.45) is 0 Å². The summed E-state index contributed by atoms with van der Waals surface area (Å²) in [5.41, 5.74) is 1.30. The van der Waals surface area contributed by atoms with Crippen molar-refractivity contribution in [2.75, 3.05) is 26.7 Å². The van der Waals surface area contributed by atoms with E-state index in [-0.39, 0.29) is 56.0 Å². The van der Waals surface area contributed by atoms with Crippen LogP contribution >= 0.6 is 0 Å². The van der Waals surface area contributed by atoms with Crippen LogP contribution in [0.25, 0.3) is 0 Å². The van der Waals surface area contributed by atoms with Crippen molar-refractivity contribution in [1.82, 2.24) is 20.4 Å². The van der Waals surface area contributed by atoms with E-state index in [2.05, 4.69) is 10.6 Å². The molecule has 40 heavy (non-hydrogen) atoms. The van der Waals surface area contributed by atoms with Crippen LogP contribution in [0.1, 0.15) is 54.9 Å². The number of hydrogen-bond acceptors (Lipinski definition) is 6. The molecule has 2 aliphatic heterocycles. The van der Waals surface area contributed by atoms with Gasteiger partial charge in [-0.15, -0.1) is 0 Å². The van der Waals surface area contributed by atoms with Crippen LogP contribution in [0.2, 0.25) is 0 Å². The van der Waals surface area contributed by atoms with Crippen LogP contribution in [-0.4, -0.2) is 78.5 Å². The van der Waals surface area contributed by atoms with E-state index in [0.717, 1.165) is 18.4 Å². The first-order chi connectivity index (χ1) is 19.3. The van der Waals surface area contributed by atoms with E-state index in [0.29, 0.717) is 30.7 Å². The van der Waals surface area contributed by atoms with E-state index in [1.807, 2.05) is 37.3 Å². The van der Waals surface area contributed by atoms with E-state index in [1.165, 1.54) is 4.90 Å². The fraction of sp³-hybridized carbons (Fsp3) is 0.467. The predicted molar refractivity (Wildman–Crippen MR) is 149 cm³/mol. The molecule has 0 spiro atoms. The van der Waals surface area contributed by atoms with Gasteiger partial charge in [-0.2, -0.15) is 0 Å². The molecular formula is C30H38N4O6. The van der Waals surface area contributed by atoms with E-state index >= 15 is 0 Å². The second kappa shape index (κ2) is 13.8. The summed E-state index contributed by atoms with van der Waals surface area (Å²) < 4.78 is 11.4. The Balaban J connectivity index is 1.53. The Kier molecular flexibility index (Phi) is 9.99. The van der Waals surface area contributed by atoms with Crippen LogP contribution < -0.4 is 15.4 Å². The Morgan fingerprint density at radius 3 is 2.65 bits per heavy atom. The molecular weight excluding hydrogens is 512 g/mol. The van der Waals surface area contributed by atoms with Gasteiger partial charge in [0.2, 0.25) is 11.8 Å². The van der Waals surface area contributed by atoms with Crippen molar-refractivity contribution in [3.63, 3.8) is 0 Å². The third-order valence-corrected chi connectivity index (χ3v) is 7.25. The molecule has 3 atom stereocenters. The minimum absolute atomic E-state index is 0.0396. The zero-order valence-electron chi connectivity index (χ0n) is 23.1. The minimum Gasteiger partial charge on any atom is -0.491 e. The van der Waals surface area contributed by atoms with Gasteiger partial charge in [-0.05, 0) is 43.0 Å². The van der Waals surface area contributed by atoms with Crippen LogP contribution in [0.4, 0.5) is 4.79 Å². The topological polar surface area (TPSA) is 117 Å². The maximum absolute atomic E-state index is 13.9. The molecule has 2 N–H and O–H groups in total. The van der Waals surface area contributed by atoms with Gasteiger partial charge >= 0.3 is 6.09 Å². The Morgan fingerprint density at radius 2 is 1.88 bits per heavy atom. The molecule has 2 bridgehead atoms. The average Bonchev–Trinajstić information content (AvgIpc) is 3.37. The molecule has 0 radical (unpaired) electrons. The monoisotopic (exact) mass is 550 g/mol. The highest BCUT2D eigenvalue weighted by molar-refractivity contribution is 5.94. The lowest BCUT2D eigenvalue weighted by Gasteiger charge is -2.29. The summed E-state index contributed by atoms with van der Waals surface area (Å²) in [6, 6.07) is 14.7. The van der Waals surface area contributed by atoms with Gasteiger partial charge in [0.15, 0.2) is 0 Å². The maximum Gasteiger partial charge on any atom is 0.408 e. The Bertz CT molecular complexity index is 1190. The lowest BCUT2D eigenvalue weighted by atomic mass is 10.1. The van der Waals surface area contributed by atoms with Gasteiger partial charge in [0.1, 0.15) is 25.0 Å². The average molecular weight is 551 g/mol. The summed E-state index contributed by atoms with van der Waals surface area (Å²) in [4.78, 5) is 55.3. The number of alkyl carbamates (subject to hydrolysis) is 1. The van der Waals surface area contributed by atoms with Crippen molar-refractivity contribution >= 4 is 23.8 Å². The normalized spacial score (nSPS) is 21.3. The fourth-order valence-electron chi connectivity index (χ4n) is 5.01. The van der Waals surface area contributed by atoms with Crippen molar-refractivity contribution in [3.05, 3.63) is 65.7 Å². The molecule has 2 aromatic rings. The number of hydrogen-bond donors (Lipinski definition) is 2. The number of nitrogens with zero attached hydrogens (tertiary/aromatic N) is 2. The fourth-order valence-corrected chi connectivity index (χ4v) is 5.01. The highest BCUT2D eigenvalue weighted by atomic mass is 16.5. The van der Waals surface area contributed by atoms with Gasteiger partial charge in [-0.3, -0.25) is 14.4 Å². The molecule has 2 heterocycles. The highest BCUT2D eigenvalue weighted by Gasteiger charge is 2.40. The Hall–Kier alpha value is -4.08. The molecule has 0 aliphatic carbocycles. The standard InChI is InChI=1S/C30H38N4O6/c1-3-4-13-27(35)31-23-17-24-20-39-25-12-8-11-22(16-25)28(36)33(2)15-14-26(29(37)34(24)18-23)32-30(38)40-19-21-9-6-5-7-10-21/h5-12,16,23-24,26H,3-4,13-15,17-20H2,1-2H3,(H,31,35)(H,32,38)/t23-,24-,26-/m0/s1. The minimum atomic E-state index is -0.931. The summed E-state index contributed by atoms with van der Waals surface area (Å²) in [5.74, 6) is -0.0250. The Labute approximate surface area is 235 Å². The smallest absolute Gasteiger partial charge is 0.408 e. The number of fused-ring (bicyclic) bond motifs is 3. The molecule has 2 aromatic carbocycles. The maximum atomic E-state index is 13.9. The number of amides is 4. The van der Waals surface area contributed by atoms with Gasteiger partial charge in [-0.1, -0.05) is 49.7 Å². The number of benzene rings is 2. The van der Waals surface area contributed by atoms with Gasteiger partial charge in [0, 0.05) is 38.2 Å².